The highest BCUT2D eigenvalue weighted by molar-refractivity contribution is 5.00. The summed E-state index contributed by atoms with van der Waals surface area (Å²) in [6.07, 6.45) is 2.67. The predicted octanol–water partition coefficient (Wildman–Crippen LogP) is 1.04. The molecule has 0 heterocycles. The van der Waals surface area contributed by atoms with Gasteiger partial charge in [0.25, 0.3) is 0 Å². The van der Waals surface area contributed by atoms with Crippen LogP contribution in [0.25, 0.3) is 0 Å². The topological polar surface area (TPSA) is 59.0 Å². The summed E-state index contributed by atoms with van der Waals surface area (Å²) in [5, 5.41) is 8.54. The average molecular weight is 156 g/mol. The minimum absolute atomic E-state index is 0.659. The molecule has 2 N–H and O–H groups in total. The molecule has 0 rings (SSSR count). The van der Waals surface area contributed by atoms with Crippen molar-refractivity contribution in [1.82, 2.24) is 0 Å². The van der Waals surface area contributed by atoms with Crippen molar-refractivity contribution in [3.8, 4) is 6.07 Å². The number of methoxy groups -OCH3 is 1. The molecule has 0 aromatic heterocycles. The maximum atomic E-state index is 8.54. The van der Waals surface area contributed by atoms with Gasteiger partial charge in [-0.1, -0.05) is 0 Å². The van der Waals surface area contributed by atoms with Crippen molar-refractivity contribution < 1.29 is 4.74 Å². The normalized spacial score (nSPS) is 15.5. The van der Waals surface area contributed by atoms with Gasteiger partial charge in [0.05, 0.1) is 6.07 Å². The Hall–Kier alpha value is -0.590. The maximum Gasteiger partial charge on any atom is 0.101 e. The molecule has 3 heteroatoms. The molecular formula is C8H16N2O. The SMILES string of the molecule is COCCCCC(C)(N)C#N. The number of nitrogens with two attached hydrogens (primary N) is 1. The summed E-state index contributed by atoms with van der Waals surface area (Å²) in [5.74, 6) is 0. The van der Waals surface area contributed by atoms with Crippen molar-refractivity contribution in [2.45, 2.75) is 31.7 Å². The fourth-order valence-corrected chi connectivity index (χ4v) is 0.795. The number of hydrogen-bond acceptors (Lipinski definition) is 3. The molecule has 3 nitrogen and oxygen atoms in total. The van der Waals surface area contributed by atoms with Crippen molar-refractivity contribution in [2.75, 3.05) is 13.7 Å². The van der Waals surface area contributed by atoms with Crippen LogP contribution in [0.15, 0.2) is 0 Å². The first-order valence-corrected chi connectivity index (χ1v) is 3.81. The molecule has 0 aromatic carbocycles. The van der Waals surface area contributed by atoms with Gasteiger partial charge in [0.15, 0.2) is 0 Å². The number of nitriles is 1. The second kappa shape index (κ2) is 5.11. The Morgan fingerprint density at radius 3 is 2.64 bits per heavy atom. The molecule has 64 valence electrons. The van der Waals surface area contributed by atoms with E-state index in [0.717, 1.165) is 25.9 Å². The summed E-state index contributed by atoms with van der Waals surface area (Å²) >= 11 is 0. The van der Waals surface area contributed by atoms with Crippen molar-refractivity contribution in [3.05, 3.63) is 0 Å². The van der Waals surface area contributed by atoms with Crippen LogP contribution in [-0.2, 0) is 4.74 Å². The van der Waals surface area contributed by atoms with Crippen molar-refractivity contribution in [2.24, 2.45) is 5.73 Å². The molecule has 0 aliphatic carbocycles. The Kier molecular flexibility index (Phi) is 4.84. The van der Waals surface area contributed by atoms with Crippen molar-refractivity contribution in [3.63, 3.8) is 0 Å². The van der Waals surface area contributed by atoms with Crippen molar-refractivity contribution >= 4 is 0 Å². The summed E-state index contributed by atoms with van der Waals surface area (Å²) in [6, 6.07) is 2.06. The maximum absolute atomic E-state index is 8.54. The Bertz CT molecular complexity index is 138. The Balaban J connectivity index is 3.32. The number of nitrogens with zero attached hydrogens (tertiary/aromatic N) is 1. The molecular weight excluding hydrogens is 140 g/mol. The van der Waals surface area contributed by atoms with Gasteiger partial charge < -0.3 is 10.5 Å². The van der Waals surface area contributed by atoms with Crippen LogP contribution in [0.3, 0.4) is 0 Å². The Morgan fingerprint density at radius 1 is 1.55 bits per heavy atom. The molecule has 0 bridgehead atoms. The number of rotatable bonds is 5. The largest absolute Gasteiger partial charge is 0.385 e. The highest BCUT2D eigenvalue weighted by Crippen LogP contribution is 2.08. The van der Waals surface area contributed by atoms with E-state index < -0.39 is 5.54 Å². The highest BCUT2D eigenvalue weighted by Gasteiger charge is 2.15. The van der Waals surface area contributed by atoms with Gasteiger partial charge in [-0.05, 0) is 26.2 Å². The summed E-state index contributed by atoms with van der Waals surface area (Å²) in [6.45, 7) is 2.50. The first-order valence-electron chi connectivity index (χ1n) is 3.81. The van der Waals surface area contributed by atoms with Gasteiger partial charge in [-0.15, -0.1) is 0 Å². The Morgan fingerprint density at radius 2 is 2.18 bits per heavy atom. The highest BCUT2D eigenvalue weighted by atomic mass is 16.5. The van der Waals surface area contributed by atoms with Crippen LogP contribution in [-0.4, -0.2) is 19.3 Å². The van der Waals surface area contributed by atoms with Crippen LogP contribution in [0.4, 0.5) is 0 Å². The van der Waals surface area contributed by atoms with Crippen LogP contribution >= 0.6 is 0 Å². The van der Waals surface area contributed by atoms with E-state index in [-0.39, 0.29) is 0 Å². The second-order valence-electron chi connectivity index (χ2n) is 2.98. The van der Waals surface area contributed by atoms with E-state index in [2.05, 4.69) is 6.07 Å². The zero-order valence-corrected chi connectivity index (χ0v) is 7.26. The zero-order chi connectivity index (χ0) is 8.74. The molecule has 0 saturated carbocycles. The van der Waals surface area contributed by atoms with Gasteiger partial charge in [0.1, 0.15) is 5.54 Å². The summed E-state index contributed by atoms with van der Waals surface area (Å²) in [4.78, 5) is 0. The van der Waals surface area contributed by atoms with Crippen LogP contribution in [0.2, 0.25) is 0 Å². The minimum Gasteiger partial charge on any atom is -0.385 e. The van der Waals surface area contributed by atoms with Gasteiger partial charge >= 0.3 is 0 Å². The second-order valence-corrected chi connectivity index (χ2v) is 2.98. The van der Waals surface area contributed by atoms with Crippen LogP contribution < -0.4 is 5.73 Å². The molecule has 0 aliphatic heterocycles. The summed E-state index contributed by atoms with van der Waals surface area (Å²) < 4.78 is 4.87. The molecule has 1 unspecified atom stereocenters. The first kappa shape index (κ1) is 10.4. The lowest BCUT2D eigenvalue weighted by molar-refractivity contribution is 0.190. The molecule has 0 saturated heterocycles. The molecule has 1 atom stereocenters. The quantitative estimate of drug-likeness (QED) is 0.605. The molecule has 0 aliphatic rings. The third-order valence-electron chi connectivity index (χ3n) is 1.55. The standard InChI is InChI=1S/C8H16N2O/c1-8(10,7-9)5-3-4-6-11-2/h3-6,10H2,1-2H3. The van der Waals surface area contributed by atoms with E-state index >= 15 is 0 Å². The molecule has 0 spiro atoms. The summed E-state index contributed by atoms with van der Waals surface area (Å²) in [5.41, 5.74) is 4.94. The molecule has 0 aromatic rings. The minimum atomic E-state index is -0.659. The Labute approximate surface area is 68.1 Å². The van der Waals surface area contributed by atoms with E-state index in [1.807, 2.05) is 0 Å². The van der Waals surface area contributed by atoms with E-state index in [0.29, 0.717) is 0 Å². The first-order chi connectivity index (χ1) is 5.12. The van der Waals surface area contributed by atoms with Gasteiger partial charge in [-0.2, -0.15) is 5.26 Å². The van der Waals surface area contributed by atoms with Gasteiger partial charge in [-0.3, -0.25) is 0 Å². The van der Waals surface area contributed by atoms with E-state index in [9.17, 15) is 0 Å². The van der Waals surface area contributed by atoms with Gasteiger partial charge in [-0.25, -0.2) is 0 Å². The van der Waals surface area contributed by atoms with Crippen LogP contribution in [0.5, 0.6) is 0 Å². The number of ether oxygens (including phenoxy) is 1. The van der Waals surface area contributed by atoms with Gasteiger partial charge in [0, 0.05) is 13.7 Å². The number of unbranched alkanes of at least 4 members (excludes halogenated alkanes) is 1. The lowest BCUT2D eigenvalue weighted by Crippen LogP contribution is -2.33. The van der Waals surface area contributed by atoms with E-state index in [1.165, 1.54) is 0 Å². The van der Waals surface area contributed by atoms with Crippen LogP contribution in [0, 0.1) is 11.3 Å². The summed E-state index contributed by atoms with van der Waals surface area (Å²) in [7, 11) is 1.67. The van der Waals surface area contributed by atoms with Crippen LogP contribution in [0.1, 0.15) is 26.2 Å². The third-order valence-corrected chi connectivity index (χ3v) is 1.55. The monoisotopic (exact) mass is 156 g/mol. The average Bonchev–Trinajstić information content (AvgIpc) is 1.99. The van der Waals surface area contributed by atoms with E-state index in [4.69, 9.17) is 15.7 Å². The predicted molar refractivity (Wildman–Crippen MR) is 43.9 cm³/mol. The number of hydrogen-bond donors (Lipinski definition) is 1. The fourth-order valence-electron chi connectivity index (χ4n) is 0.795. The molecule has 0 radical (unpaired) electrons. The van der Waals surface area contributed by atoms with Gasteiger partial charge in [0.2, 0.25) is 0 Å². The lowest BCUT2D eigenvalue weighted by atomic mass is 9.98. The zero-order valence-electron chi connectivity index (χ0n) is 7.26. The molecule has 0 amide bonds. The van der Waals surface area contributed by atoms with E-state index in [1.54, 1.807) is 14.0 Å². The lowest BCUT2D eigenvalue weighted by Gasteiger charge is -2.13. The third kappa shape index (κ3) is 5.84. The van der Waals surface area contributed by atoms with Crippen molar-refractivity contribution in [1.29, 1.82) is 5.26 Å². The molecule has 11 heavy (non-hydrogen) atoms. The molecule has 0 fully saturated rings. The smallest absolute Gasteiger partial charge is 0.101 e. The fraction of sp³-hybridized carbons (Fsp3) is 0.875.